The second-order valence-electron chi connectivity index (χ2n) is 4.29. The molecule has 2 aliphatic heterocycles. The van der Waals surface area contributed by atoms with Crippen LogP contribution in [0.1, 0.15) is 26.7 Å². The molecule has 80 valence electrons. The van der Waals surface area contributed by atoms with Crippen LogP contribution in [0, 0.1) is 0 Å². The van der Waals surface area contributed by atoms with Crippen molar-refractivity contribution in [3.05, 3.63) is 11.3 Å². The van der Waals surface area contributed by atoms with Gasteiger partial charge in [-0.2, -0.15) is 0 Å². The quantitative estimate of drug-likeness (QED) is 0.714. The molecule has 1 N–H and O–H groups in total. The summed E-state index contributed by atoms with van der Waals surface area (Å²) >= 11 is 0. The van der Waals surface area contributed by atoms with Crippen molar-refractivity contribution in [2.24, 2.45) is 0 Å². The van der Waals surface area contributed by atoms with Gasteiger partial charge in [-0.1, -0.05) is 6.92 Å². The second kappa shape index (κ2) is 3.91. The van der Waals surface area contributed by atoms with Crippen molar-refractivity contribution in [3.8, 4) is 0 Å². The topological polar surface area (TPSA) is 18.5 Å². The van der Waals surface area contributed by atoms with E-state index in [1.165, 1.54) is 25.1 Å². The first-order valence-electron chi connectivity index (χ1n) is 5.70. The normalized spacial score (nSPS) is 28.5. The highest BCUT2D eigenvalue weighted by molar-refractivity contribution is 5.27. The Balaban J connectivity index is 2.20. The number of nitrogens with one attached hydrogen (secondary N) is 1. The molecular weight excluding hydrogens is 174 g/mol. The Morgan fingerprint density at radius 1 is 1.43 bits per heavy atom. The Labute approximate surface area is 86.7 Å². The van der Waals surface area contributed by atoms with Gasteiger partial charge in [-0.15, -0.1) is 0 Å². The molecule has 0 aliphatic carbocycles. The predicted molar refractivity (Wildman–Crippen MR) is 58.7 cm³/mol. The zero-order valence-corrected chi connectivity index (χ0v) is 9.51. The number of hydrogen-bond donors (Lipinski definition) is 1. The third-order valence-corrected chi connectivity index (χ3v) is 3.34. The lowest BCUT2D eigenvalue weighted by atomic mass is 9.98. The monoisotopic (exact) mass is 195 g/mol. The lowest BCUT2D eigenvalue weighted by molar-refractivity contribution is 0.237. The van der Waals surface area contributed by atoms with Gasteiger partial charge >= 0.3 is 0 Å². The molecule has 0 bridgehead atoms. The molecule has 2 heterocycles. The van der Waals surface area contributed by atoms with Crippen molar-refractivity contribution >= 4 is 0 Å². The fourth-order valence-corrected chi connectivity index (χ4v) is 2.49. The molecular formula is C11H21N3. The molecule has 2 aliphatic rings. The van der Waals surface area contributed by atoms with Gasteiger partial charge in [0.2, 0.25) is 0 Å². The minimum atomic E-state index is 0.610. The minimum absolute atomic E-state index is 0.610. The van der Waals surface area contributed by atoms with Crippen LogP contribution in [0.15, 0.2) is 11.3 Å². The minimum Gasteiger partial charge on any atom is -0.311 e. The van der Waals surface area contributed by atoms with Crippen LogP contribution < -0.4 is 5.43 Å². The first-order valence-corrected chi connectivity index (χ1v) is 5.70. The molecule has 3 nitrogen and oxygen atoms in total. The van der Waals surface area contributed by atoms with E-state index in [-0.39, 0.29) is 0 Å². The fraction of sp³-hybridized carbons (Fsp3) is 0.818. The molecule has 14 heavy (non-hydrogen) atoms. The van der Waals surface area contributed by atoms with Gasteiger partial charge in [0.15, 0.2) is 0 Å². The summed E-state index contributed by atoms with van der Waals surface area (Å²) < 4.78 is 0. The maximum absolute atomic E-state index is 3.59. The Kier molecular flexibility index (Phi) is 2.79. The van der Waals surface area contributed by atoms with Gasteiger partial charge in [0.05, 0.1) is 0 Å². The van der Waals surface area contributed by atoms with Gasteiger partial charge < -0.3 is 9.91 Å². The summed E-state index contributed by atoms with van der Waals surface area (Å²) in [6.45, 7) is 7.88. The molecule has 0 fully saturated rings. The van der Waals surface area contributed by atoms with E-state index in [1.807, 2.05) is 0 Å². The Bertz CT molecular complexity index is 247. The number of likely N-dealkylation sites (N-methyl/N-ethyl adjacent to an activating group) is 2. The molecule has 1 atom stereocenters. The highest BCUT2D eigenvalue weighted by Crippen LogP contribution is 2.28. The summed E-state index contributed by atoms with van der Waals surface area (Å²) in [7, 11) is 2.21. The Morgan fingerprint density at radius 3 is 2.86 bits per heavy atom. The van der Waals surface area contributed by atoms with Crippen LogP contribution in [0.5, 0.6) is 0 Å². The SMILES string of the molecule is CCC1NN(CC)C2=C1CCN(C)C2. The van der Waals surface area contributed by atoms with Gasteiger partial charge in [-0.05, 0) is 32.4 Å². The van der Waals surface area contributed by atoms with E-state index in [0.29, 0.717) is 6.04 Å². The van der Waals surface area contributed by atoms with Gasteiger partial charge in [-0.3, -0.25) is 0 Å². The van der Waals surface area contributed by atoms with Crippen molar-refractivity contribution in [1.82, 2.24) is 15.3 Å². The molecule has 0 amide bonds. The smallest absolute Gasteiger partial charge is 0.0490 e. The van der Waals surface area contributed by atoms with Crippen LogP contribution in [0.2, 0.25) is 0 Å². The van der Waals surface area contributed by atoms with Crippen LogP contribution >= 0.6 is 0 Å². The van der Waals surface area contributed by atoms with Crippen LogP contribution in [0.3, 0.4) is 0 Å². The van der Waals surface area contributed by atoms with Crippen molar-refractivity contribution in [2.45, 2.75) is 32.7 Å². The van der Waals surface area contributed by atoms with E-state index in [2.05, 4.69) is 36.2 Å². The van der Waals surface area contributed by atoms with Crippen molar-refractivity contribution in [3.63, 3.8) is 0 Å². The molecule has 0 saturated heterocycles. The van der Waals surface area contributed by atoms with Gasteiger partial charge in [-0.25, -0.2) is 5.43 Å². The summed E-state index contributed by atoms with van der Waals surface area (Å²) in [4.78, 5) is 2.40. The highest BCUT2D eigenvalue weighted by Gasteiger charge is 2.31. The molecule has 0 aromatic carbocycles. The van der Waals surface area contributed by atoms with Gasteiger partial charge in [0.1, 0.15) is 0 Å². The number of hydrogen-bond acceptors (Lipinski definition) is 3. The first-order chi connectivity index (χ1) is 6.76. The molecule has 3 heteroatoms. The van der Waals surface area contributed by atoms with Gasteiger partial charge in [0, 0.05) is 31.4 Å². The number of hydrazine groups is 1. The first kappa shape index (κ1) is 9.99. The van der Waals surface area contributed by atoms with Crippen LogP contribution in [0.25, 0.3) is 0 Å². The predicted octanol–water partition coefficient (Wildman–Crippen LogP) is 1.19. The third kappa shape index (κ3) is 1.55. The molecule has 0 saturated carbocycles. The third-order valence-electron chi connectivity index (χ3n) is 3.34. The lowest BCUT2D eigenvalue weighted by Crippen LogP contribution is -2.38. The Hall–Kier alpha value is -0.540. The molecule has 0 aromatic heterocycles. The van der Waals surface area contributed by atoms with E-state index < -0.39 is 0 Å². The van der Waals surface area contributed by atoms with Crippen LogP contribution in [-0.2, 0) is 0 Å². The standard InChI is InChI=1S/C11H21N3/c1-4-10-9-6-7-13(3)8-11(9)14(5-2)12-10/h10,12H,4-8H2,1-3H3. The molecule has 0 aromatic rings. The summed E-state index contributed by atoms with van der Waals surface area (Å²) in [5.41, 5.74) is 6.78. The largest absolute Gasteiger partial charge is 0.311 e. The number of rotatable bonds is 2. The summed E-state index contributed by atoms with van der Waals surface area (Å²) in [5, 5.41) is 2.33. The average Bonchev–Trinajstić information content (AvgIpc) is 2.55. The summed E-state index contributed by atoms with van der Waals surface area (Å²) in [6.07, 6.45) is 2.45. The van der Waals surface area contributed by atoms with E-state index >= 15 is 0 Å². The molecule has 0 radical (unpaired) electrons. The zero-order valence-electron chi connectivity index (χ0n) is 9.51. The van der Waals surface area contributed by atoms with Crippen molar-refractivity contribution in [2.75, 3.05) is 26.7 Å². The van der Waals surface area contributed by atoms with Crippen LogP contribution in [0.4, 0.5) is 0 Å². The molecule has 1 unspecified atom stereocenters. The average molecular weight is 195 g/mol. The summed E-state index contributed by atoms with van der Waals surface area (Å²) in [6, 6.07) is 0.610. The van der Waals surface area contributed by atoms with E-state index in [1.54, 1.807) is 5.57 Å². The second-order valence-corrected chi connectivity index (χ2v) is 4.29. The maximum atomic E-state index is 3.59. The highest BCUT2D eigenvalue weighted by atomic mass is 15.5. The van der Waals surface area contributed by atoms with Gasteiger partial charge in [0.25, 0.3) is 0 Å². The zero-order chi connectivity index (χ0) is 10.1. The van der Waals surface area contributed by atoms with E-state index in [9.17, 15) is 0 Å². The molecule has 2 rings (SSSR count). The summed E-state index contributed by atoms with van der Waals surface area (Å²) in [5.74, 6) is 0. The Morgan fingerprint density at radius 2 is 2.21 bits per heavy atom. The maximum Gasteiger partial charge on any atom is 0.0490 e. The van der Waals surface area contributed by atoms with E-state index in [0.717, 1.165) is 13.1 Å². The lowest BCUT2D eigenvalue weighted by Gasteiger charge is -2.28. The van der Waals surface area contributed by atoms with E-state index in [4.69, 9.17) is 0 Å². The molecule has 0 spiro atoms. The fourth-order valence-electron chi connectivity index (χ4n) is 2.49. The van der Waals surface area contributed by atoms with Crippen molar-refractivity contribution in [1.29, 1.82) is 0 Å². The number of nitrogens with zero attached hydrogens (tertiary/aromatic N) is 2. The van der Waals surface area contributed by atoms with Crippen LogP contribution in [-0.4, -0.2) is 42.6 Å². The van der Waals surface area contributed by atoms with Crippen molar-refractivity contribution < 1.29 is 0 Å².